The minimum Gasteiger partial charge on any atom is -0.442 e. The van der Waals surface area contributed by atoms with Crippen LogP contribution >= 0.6 is 0 Å². The number of ketones is 1. The van der Waals surface area contributed by atoms with Gasteiger partial charge in [0.05, 0.1) is 18.3 Å². The van der Waals surface area contributed by atoms with Crippen LogP contribution in [0.2, 0.25) is 0 Å². The van der Waals surface area contributed by atoms with Crippen molar-refractivity contribution in [1.29, 1.82) is 0 Å². The summed E-state index contributed by atoms with van der Waals surface area (Å²) in [7, 11) is 0. The number of hydrogen-bond acceptors (Lipinski definition) is 4. The van der Waals surface area contributed by atoms with E-state index in [1.807, 2.05) is 6.07 Å². The Bertz CT molecular complexity index is 641. The fraction of sp³-hybridized carbons (Fsp3) is 0.400. The lowest BCUT2D eigenvalue weighted by molar-refractivity contribution is -0.119. The molecule has 21 heavy (non-hydrogen) atoms. The van der Waals surface area contributed by atoms with E-state index in [0.717, 1.165) is 11.3 Å². The fourth-order valence-corrected chi connectivity index (χ4v) is 2.92. The minimum atomic E-state index is -0.398. The molecule has 2 aliphatic rings. The van der Waals surface area contributed by atoms with Crippen molar-refractivity contribution < 1.29 is 19.1 Å². The summed E-state index contributed by atoms with van der Waals surface area (Å²) in [5.74, 6) is -0.152. The van der Waals surface area contributed by atoms with E-state index in [-0.39, 0.29) is 23.8 Å². The van der Waals surface area contributed by atoms with Gasteiger partial charge in [0, 0.05) is 12.5 Å². The molecule has 0 unspecified atom stereocenters. The van der Waals surface area contributed by atoms with Crippen molar-refractivity contribution >= 4 is 23.5 Å². The highest BCUT2D eigenvalue weighted by molar-refractivity contribution is 5.98. The Morgan fingerprint density at radius 2 is 2.14 bits per heavy atom. The van der Waals surface area contributed by atoms with Gasteiger partial charge in [-0.3, -0.25) is 14.5 Å². The lowest BCUT2D eigenvalue weighted by atomic mass is 10.0. The predicted octanol–water partition coefficient (Wildman–Crippen LogP) is 1.28. The number of nitrogens with zero attached hydrogens (tertiary/aromatic N) is 1. The highest BCUT2D eigenvalue weighted by atomic mass is 16.6. The summed E-state index contributed by atoms with van der Waals surface area (Å²) in [6.07, 6.45) is -0.133. The molecule has 0 saturated carbocycles. The molecular weight excluding hydrogens is 272 g/mol. The molecule has 1 saturated heterocycles. The molecule has 2 atom stereocenters. The van der Waals surface area contributed by atoms with Crippen LogP contribution < -0.4 is 10.2 Å². The smallest absolute Gasteiger partial charge is 0.415 e. The molecular formula is C15H16N2O4. The van der Waals surface area contributed by atoms with Crippen LogP contribution in [0.15, 0.2) is 18.2 Å². The van der Waals surface area contributed by atoms with Gasteiger partial charge in [0.2, 0.25) is 5.91 Å². The topological polar surface area (TPSA) is 75.7 Å². The average Bonchev–Trinajstić information content (AvgIpc) is 2.93. The van der Waals surface area contributed by atoms with E-state index in [9.17, 15) is 14.4 Å². The van der Waals surface area contributed by atoms with Crippen molar-refractivity contribution in [3.8, 4) is 0 Å². The molecule has 1 N–H and O–H groups in total. The Kier molecular flexibility index (Phi) is 3.16. The standard InChI is InChI=1S/C15H16N2O4/c1-8(18)10-3-4-12-11(5-10)6-13-14(7-16-9(2)19)21-15(20)17(12)13/h3-5,13-14H,6-7H2,1-2H3,(H,16,19)/t13-,14-/m0/s1. The van der Waals surface area contributed by atoms with E-state index in [2.05, 4.69) is 5.32 Å². The first kappa shape index (κ1) is 13.6. The van der Waals surface area contributed by atoms with Crippen LogP contribution in [-0.2, 0) is 16.0 Å². The number of anilines is 1. The zero-order valence-corrected chi connectivity index (χ0v) is 11.9. The predicted molar refractivity (Wildman–Crippen MR) is 75.4 cm³/mol. The summed E-state index contributed by atoms with van der Waals surface area (Å²) in [5, 5.41) is 2.68. The Morgan fingerprint density at radius 3 is 2.81 bits per heavy atom. The van der Waals surface area contributed by atoms with Crippen LogP contribution in [0.1, 0.15) is 29.8 Å². The third-order valence-corrected chi connectivity index (χ3v) is 3.94. The van der Waals surface area contributed by atoms with Crippen LogP contribution in [0.3, 0.4) is 0 Å². The summed E-state index contributed by atoms with van der Waals surface area (Å²) in [6, 6.07) is 5.21. The highest BCUT2D eigenvalue weighted by Gasteiger charge is 2.47. The Balaban J connectivity index is 1.86. The van der Waals surface area contributed by atoms with Gasteiger partial charge in [-0.25, -0.2) is 4.79 Å². The van der Waals surface area contributed by atoms with Crippen molar-refractivity contribution in [2.24, 2.45) is 0 Å². The van der Waals surface area contributed by atoms with Crippen LogP contribution in [0, 0.1) is 0 Å². The second kappa shape index (κ2) is 4.87. The number of ether oxygens (including phenoxy) is 1. The number of hydrogen-bond donors (Lipinski definition) is 1. The normalized spacial score (nSPS) is 22.6. The van der Waals surface area contributed by atoms with E-state index in [1.165, 1.54) is 13.8 Å². The van der Waals surface area contributed by atoms with E-state index in [4.69, 9.17) is 4.74 Å². The third-order valence-electron chi connectivity index (χ3n) is 3.94. The molecule has 1 aromatic carbocycles. The third kappa shape index (κ3) is 2.26. The number of Topliss-reactive ketones (excluding diaryl/α,β-unsaturated/α-hetero) is 1. The Hall–Kier alpha value is -2.37. The second-order valence-corrected chi connectivity index (χ2v) is 5.40. The SMILES string of the molecule is CC(=O)NC[C@@H]1OC(=O)N2c3ccc(C(C)=O)cc3C[C@@H]12. The fourth-order valence-electron chi connectivity index (χ4n) is 2.92. The maximum absolute atomic E-state index is 12.0. The van der Waals surface area contributed by atoms with Gasteiger partial charge >= 0.3 is 6.09 Å². The average molecular weight is 288 g/mol. The summed E-state index contributed by atoms with van der Waals surface area (Å²) >= 11 is 0. The minimum absolute atomic E-state index is 0.00207. The van der Waals surface area contributed by atoms with Gasteiger partial charge in [-0.05, 0) is 37.1 Å². The van der Waals surface area contributed by atoms with Crippen LogP contribution in [-0.4, -0.2) is 36.5 Å². The van der Waals surface area contributed by atoms with E-state index < -0.39 is 6.09 Å². The maximum Gasteiger partial charge on any atom is 0.415 e. The van der Waals surface area contributed by atoms with Crippen molar-refractivity contribution in [1.82, 2.24) is 5.32 Å². The molecule has 0 aliphatic carbocycles. The number of cyclic esters (lactones) is 1. The van der Waals surface area contributed by atoms with Gasteiger partial charge in [-0.1, -0.05) is 0 Å². The molecule has 0 aromatic heterocycles. The van der Waals surface area contributed by atoms with E-state index >= 15 is 0 Å². The molecule has 0 bridgehead atoms. The molecule has 3 rings (SSSR count). The van der Waals surface area contributed by atoms with Gasteiger partial charge in [-0.15, -0.1) is 0 Å². The molecule has 2 amide bonds. The molecule has 2 aliphatic heterocycles. The molecule has 110 valence electrons. The van der Waals surface area contributed by atoms with Crippen molar-refractivity contribution in [3.05, 3.63) is 29.3 Å². The molecule has 6 nitrogen and oxygen atoms in total. The lowest BCUT2D eigenvalue weighted by Crippen LogP contribution is -2.40. The lowest BCUT2D eigenvalue weighted by Gasteiger charge is -2.16. The number of rotatable bonds is 3. The second-order valence-electron chi connectivity index (χ2n) is 5.40. The highest BCUT2D eigenvalue weighted by Crippen LogP contribution is 2.39. The number of nitrogens with one attached hydrogen (secondary N) is 1. The maximum atomic E-state index is 12.0. The van der Waals surface area contributed by atoms with Gasteiger partial charge in [0.15, 0.2) is 5.78 Å². The van der Waals surface area contributed by atoms with Gasteiger partial charge in [0.1, 0.15) is 6.10 Å². The largest absolute Gasteiger partial charge is 0.442 e. The molecule has 6 heteroatoms. The molecule has 2 heterocycles. The first-order valence-electron chi connectivity index (χ1n) is 6.85. The quantitative estimate of drug-likeness (QED) is 0.850. The van der Waals surface area contributed by atoms with Crippen molar-refractivity contribution in [2.75, 3.05) is 11.4 Å². The number of carbonyl (C=O) groups is 3. The molecule has 1 aromatic rings. The zero-order valence-electron chi connectivity index (χ0n) is 11.9. The van der Waals surface area contributed by atoms with Crippen LogP contribution in [0.25, 0.3) is 0 Å². The van der Waals surface area contributed by atoms with Crippen molar-refractivity contribution in [2.45, 2.75) is 32.4 Å². The number of amides is 2. The molecule has 1 fully saturated rings. The Morgan fingerprint density at radius 1 is 1.38 bits per heavy atom. The van der Waals surface area contributed by atoms with Crippen LogP contribution in [0.4, 0.5) is 10.5 Å². The van der Waals surface area contributed by atoms with Gasteiger partial charge in [0.25, 0.3) is 0 Å². The number of carbonyl (C=O) groups excluding carboxylic acids is 3. The van der Waals surface area contributed by atoms with E-state index in [0.29, 0.717) is 18.5 Å². The summed E-state index contributed by atoms with van der Waals surface area (Å²) in [6.45, 7) is 3.25. The summed E-state index contributed by atoms with van der Waals surface area (Å²) in [4.78, 5) is 36.1. The zero-order chi connectivity index (χ0) is 15.1. The molecule has 0 spiro atoms. The van der Waals surface area contributed by atoms with E-state index in [1.54, 1.807) is 17.0 Å². The number of fused-ring (bicyclic) bond motifs is 3. The first-order chi connectivity index (χ1) is 9.97. The first-order valence-corrected chi connectivity index (χ1v) is 6.85. The molecule has 0 radical (unpaired) electrons. The Labute approximate surface area is 122 Å². The number of benzene rings is 1. The summed E-state index contributed by atoms with van der Waals surface area (Å²) < 4.78 is 5.32. The monoisotopic (exact) mass is 288 g/mol. The van der Waals surface area contributed by atoms with Crippen LogP contribution in [0.5, 0.6) is 0 Å². The van der Waals surface area contributed by atoms with Crippen molar-refractivity contribution in [3.63, 3.8) is 0 Å². The summed E-state index contributed by atoms with van der Waals surface area (Å²) in [5.41, 5.74) is 2.40. The van der Waals surface area contributed by atoms with Gasteiger partial charge < -0.3 is 10.1 Å². The van der Waals surface area contributed by atoms with Gasteiger partial charge in [-0.2, -0.15) is 0 Å².